The maximum atomic E-state index is 5.50. The Balaban J connectivity index is 2.18. The van der Waals surface area contributed by atoms with E-state index < -0.39 is 0 Å². The minimum Gasteiger partial charge on any atom is -0.493 e. The third-order valence-electron chi connectivity index (χ3n) is 3.88. The Morgan fingerprint density at radius 1 is 1.04 bits per heavy atom. The van der Waals surface area contributed by atoms with Crippen LogP contribution in [0, 0.1) is 0 Å². The fraction of sp³-hybridized carbons (Fsp3) is 0.300. The maximum absolute atomic E-state index is 5.50. The molecule has 6 nitrogen and oxygen atoms in total. The van der Waals surface area contributed by atoms with Crippen LogP contribution in [0.5, 0.6) is 17.2 Å². The third kappa shape index (κ3) is 4.28. The monoisotopic (exact) mass is 417 g/mol. The van der Waals surface area contributed by atoms with Gasteiger partial charge in [-0.15, -0.1) is 11.3 Å². The zero-order valence-electron chi connectivity index (χ0n) is 16.5. The van der Waals surface area contributed by atoms with Crippen LogP contribution in [0.1, 0.15) is 19.4 Å². The van der Waals surface area contributed by atoms with E-state index in [2.05, 4.69) is 5.38 Å². The fourth-order valence-corrected chi connectivity index (χ4v) is 4.20. The van der Waals surface area contributed by atoms with Gasteiger partial charge in [0.05, 0.1) is 33.2 Å². The molecule has 0 amide bonds. The first kappa shape index (κ1) is 20.2. The summed E-state index contributed by atoms with van der Waals surface area (Å²) >= 11 is 3.18. The van der Waals surface area contributed by atoms with E-state index in [0.717, 1.165) is 21.6 Å². The van der Waals surface area contributed by atoms with Gasteiger partial charge >= 0.3 is 0 Å². The molecule has 0 bridgehead atoms. The molecule has 148 valence electrons. The minimum absolute atomic E-state index is 0.161. The largest absolute Gasteiger partial charge is 0.493 e. The van der Waals surface area contributed by atoms with Crippen molar-refractivity contribution in [1.82, 2.24) is 4.68 Å². The highest BCUT2D eigenvalue weighted by Crippen LogP contribution is 2.41. The van der Waals surface area contributed by atoms with Crippen molar-refractivity contribution in [1.29, 1.82) is 0 Å². The number of aromatic nitrogens is 1. The van der Waals surface area contributed by atoms with Crippen LogP contribution in [0.3, 0.4) is 0 Å². The van der Waals surface area contributed by atoms with Gasteiger partial charge in [-0.2, -0.15) is 16.4 Å². The maximum Gasteiger partial charge on any atom is 0.206 e. The number of ether oxygens (including phenoxy) is 3. The minimum atomic E-state index is 0.161. The molecule has 0 aliphatic carbocycles. The van der Waals surface area contributed by atoms with Crippen molar-refractivity contribution in [3.05, 3.63) is 44.7 Å². The Labute approximate surface area is 172 Å². The second kappa shape index (κ2) is 9.07. The van der Waals surface area contributed by atoms with E-state index in [0.29, 0.717) is 17.2 Å². The zero-order valence-corrected chi connectivity index (χ0v) is 18.1. The number of methoxy groups -OCH3 is 3. The van der Waals surface area contributed by atoms with Crippen LogP contribution in [-0.2, 0) is 0 Å². The van der Waals surface area contributed by atoms with Gasteiger partial charge in [0, 0.05) is 22.5 Å². The van der Waals surface area contributed by atoms with Gasteiger partial charge in [0.2, 0.25) is 10.6 Å². The van der Waals surface area contributed by atoms with Crippen molar-refractivity contribution in [3.63, 3.8) is 0 Å². The van der Waals surface area contributed by atoms with E-state index in [4.69, 9.17) is 24.3 Å². The molecule has 0 aliphatic heterocycles. The van der Waals surface area contributed by atoms with Gasteiger partial charge in [0.1, 0.15) is 0 Å². The van der Waals surface area contributed by atoms with Gasteiger partial charge in [0.15, 0.2) is 11.5 Å². The lowest BCUT2D eigenvalue weighted by molar-refractivity contribution is 0.324. The van der Waals surface area contributed by atoms with Crippen LogP contribution in [0.25, 0.3) is 11.3 Å². The lowest BCUT2D eigenvalue weighted by Crippen LogP contribution is -2.14. The molecule has 0 atom stereocenters. The molecule has 0 radical (unpaired) electrons. The predicted octanol–water partition coefficient (Wildman–Crippen LogP) is 4.50. The van der Waals surface area contributed by atoms with Crippen molar-refractivity contribution in [3.8, 4) is 28.5 Å². The van der Waals surface area contributed by atoms with Crippen molar-refractivity contribution >= 4 is 28.9 Å². The van der Waals surface area contributed by atoms with Crippen LogP contribution in [0.4, 0.5) is 0 Å². The first-order valence-corrected chi connectivity index (χ1v) is 10.5. The summed E-state index contributed by atoms with van der Waals surface area (Å²) < 4.78 is 18.3. The Morgan fingerprint density at radius 3 is 2.29 bits per heavy atom. The Bertz CT molecular complexity index is 993. The predicted molar refractivity (Wildman–Crippen MR) is 115 cm³/mol. The van der Waals surface area contributed by atoms with Crippen LogP contribution in [0.2, 0.25) is 0 Å². The number of thiazole rings is 1. The zero-order chi connectivity index (χ0) is 20.1. The summed E-state index contributed by atoms with van der Waals surface area (Å²) in [4.78, 5) is 5.53. The van der Waals surface area contributed by atoms with E-state index in [1.807, 2.05) is 53.7 Å². The van der Waals surface area contributed by atoms with Gasteiger partial charge in [-0.25, -0.2) is 4.68 Å². The summed E-state index contributed by atoms with van der Waals surface area (Å²) in [5.41, 5.74) is 2.85. The molecule has 0 spiro atoms. The van der Waals surface area contributed by atoms with Gasteiger partial charge in [0.25, 0.3) is 0 Å². The van der Waals surface area contributed by atoms with Crippen LogP contribution in [-0.4, -0.2) is 38.3 Å². The Kier molecular flexibility index (Phi) is 6.53. The molecule has 3 rings (SSSR count). The van der Waals surface area contributed by atoms with E-state index >= 15 is 0 Å². The summed E-state index contributed by atoms with van der Waals surface area (Å²) in [5, 5.41) is 10.8. The second-order valence-corrected chi connectivity index (χ2v) is 7.77. The quantitative estimate of drug-likeness (QED) is 0.532. The van der Waals surface area contributed by atoms with E-state index in [9.17, 15) is 0 Å². The Morgan fingerprint density at radius 2 is 1.75 bits per heavy atom. The molecule has 2 heterocycles. The number of benzene rings is 1. The molecule has 0 saturated carbocycles. The molecular weight excluding hydrogens is 394 g/mol. The lowest BCUT2D eigenvalue weighted by Gasteiger charge is -2.14. The van der Waals surface area contributed by atoms with Gasteiger partial charge in [-0.3, -0.25) is 4.99 Å². The average Bonchev–Trinajstić information content (AvgIpc) is 3.34. The van der Waals surface area contributed by atoms with Crippen molar-refractivity contribution in [2.45, 2.75) is 19.9 Å². The number of hydrogen-bond donors (Lipinski definition) is 0. The summed E-state index contributed by atoms with van der Waals surface area (Å²) in [7, 11) is 4.81. The van der Waals surface area contributed by atoms with E-state index in [1.165, 1.54) is 0 Å². The lowest BCUT2D eigenvalue weighted by atomic mass is 10.1. The van der Waals surface area contributed by atoms with Crippen LogP contribution >= 0.6 is 22.7 Å². The van der Waals surface area contributed by atoms with Gasteiger partial charge < -0.3 is 14.2 Å². The van der Waals surface area contributed by atoms with Gasteiger partial charge in [-0.05, 0) is 42.8 Å². The van der Waals surface area contributed by atoms with Crippen LogP contribution < -0.4 is 19.0 Å². The highest BCUT2D eigenvalue weighted by Gasteiger charge is 2.17. The molecular formula is C20H23N3O3S2. The molecule has 2 aromatic heterocycles. The molecule has 3 aromatic rings. The Hall–Kier alpha value is -2.58. The number of nitrogens with zero attached hydrogens (tertiary/aromatic N) is 3. The van der Waals surface area contributed by atoms with Crippen molar-refractivity contribution in [2.75, 3.05) is 21.3 Å². The first-order chi connectivity index (χ1) is 13.6. The molecule has 28 heavy (non-hydrogen) atoms. The molecule has 0 saturated heterocycles. The normalized spacial score (nSPS) is 12.1. The second-order valence-electron chi connectivity index (χ2n) is 6.15. The molecule has 0 N–H and O–H groups in total. The third-order valence-corrected chi connectivity index (χ3v) is 5.41. The molecule has 0 fully saturated rings. The van der Waals surface area contributed by atoms with Crippen molar-refractivity contribution in [2.24, 2.45) is 10.1 Å². The molecule has 1 aromatic carbocycles. The summed E-state index contributed by atoms with van der Waals surface area (Å²) in [5.74, 6) is 1.75. The van der Waals surface area contributed by atoms with E-state index in [1.54, 1.807) is 44.0 Å². The number of hydrogen-bond acceptors (Lipinski definition) is 7. The SMILES string of the molecule is COc1cc(-c2csc(=NC(C)C)n2N=Cc2ccsc2)cc(OC)c1OC. The van der Waals surface area contributed by atoms with Gasteiger partial charge in [-0.1, -0.05) is 0 Å². The van der Waals surface area contributed by atoms with E-state index in [-0.39, 0.29) is 6.04 Å². The topological polar surface area (TPSA) is 57.3 Å². The number of rotatable bonds is 7. The standard InChI is InChI=1S/C20H23N3O3S2/c1-13(2)22-20-23(21-10-14-6-7-27-11-14)16(12-28-20)15-8-17(24-3)19(26-5)18(9-15)25-4/h6-13H,1-5H3. The first-order valence-electron chi connectivity index (χ1n) is 8.68. The highest BCUT2D eigenvalue weighted by atomic mass is 32.1. The highest BCUT2D eigenvalue weighted by molar-refractivity contribution is 7.08. The fourth-order valence-electron chi connectivity index (χ4n) is 2.62. The molecule has 0 aliphatic rings. The summed E-state index contributed by atoms with van der Waals surface area (Å²) in [6.45, 7) is 4.09. The summed E-state index contributed by atoms with van der Waals surface area (Å²) in [6, 6.07) is 6.02. The molecule has 0 unspecified atom stereocenters. The average molecular weight is 418 g/mol. The van der Waals surface area contributed by atoms with Crippen LogP contribution in [0.15, 0.2) is 44.4 Å². The number of thiophene rings is 1. The smallest absolute Gasteiger partial charge is 0.206 e. The summed E-state index contributed by atoms with van der Waals surface area (Å²) in [6.07, 6.45) is 1.84. The van der Waals surface area contributed by atoms with Crippen molar-refractivity contribution < 1.29 is 14.2 Å². The molecule has 8 heteroatoms.